The van der Waals surface area contributed by atoms with Crippen molar-refractivity contribution in [2.45, 2.75) is 52.6 Å². The summed E-state index contributed by atoms with van der Waals surface area (Å²) in [5.74, 6) is 0.338. The van der Waals surface area contributed by atoms with Crippen molar-refractivity contribution in [1.82, 2.24) is 0 Å². The lowest BCUT2D eigenvalue weighted by molar-refractivity contribution is -0.000851. The highest BCUT2D eigenvalue weighted by molar-refractivity contribution is 5.29. The van der Waals surface area contributed by atoms with Gasteiger partial charge in [-0.1, -0.05) is 52.0 Å². The van der Waals surface area contributed by atoms with Crippen LogP contribution >= 0.6 is 0 Å². The molecule has 1 saturated carbocycles. The molecule has 2 rings (SSSR count). The highest BCUT2D eigenvalue weighted by atomic mass is 16.3. The summed E-state index contributed by atoms with van der Waals surface area (Å²) in [6.07, 6.45) is 3.02. The first-order valence-corrected chi connectivity index (χ1v) is 6.69. The van der Waals surface area contributed by atoms with Gasteiger partial charge >= 0.3 is 0 Å². The fraction of sp³-hybridized carbons (Fsp3) is 0.625. The Bertz CT molecular complexity index is 390. The van der Waals surface area contributed by atoms with Crippen LogP contribution in [0.25, 0.3) is 0 Å². The van der Waals surface area contributed by atoms with Crippen LogP contribution in [0.15, 0.2) is 24.3 Å². The third kappa shape index (κ3) is 2.26. The molecule has 1 aliphatic carbocycles. The maximum Gasteiger partial charge on any atom is 0.0927 e. The van der Waals surface area contributed by atoms with Crippen molar-refractivity contribution in [2.24, 2.45) is 11.3 Å². The normalized spacial score (nSPS) is 31.7. The van der Waals surface area contributed by atoms with Gasteiger partial charge in [-0.15, -0.1) is 0 Å². The van der Waals surface area contributed by atoms with Gasteiger partial charge in [0.25, 0.3) is 0 Å². The summed E-state index contributed by atoms with van der Waals surface area (Å²) < 4.78 is 0. The van der Waals surface area contributed by atoms with Gasteiger partial charge in [0.15, 0.2) is 0 Å². The minimum atomic E-state index is -0.629. The second kappa shape index (κ2) is 4.13. The molecule has 0 bridgehead atoms. The van der Waals surface area contributed by atoms with E-state index in [0.29, 0.717) is 5.92 Å². The smallest absolute Gasteiger partial charge is 0.0927 e. The standard InChI is InChI=1S/C16H24O/c1-5-13-6-8-14(9-7-13)16(17)11-15(3,4)10-12(16)2/h6-9,12,17H,5,10-11H2,1-4H3. The molecule has 0 saturated heterocycles. The van der Waals surface area contributed by atoms with Gasteiger partial charge in [-0.25, -0.2) is 0 Å². The molecule has 0 amide bonds. The molecular formula is C16H24O. The predicted octanol–water partition coefficient (Wildman–Crippen LogP) is 3.89. The van der Waals surface area contributed by atoms with E-state index in [1.54, 1.807) is 0 Å². The zero-order valence-electron chi connectivity index (χ0n) is 11.5. The van der Waals surface area contributed by atoms with Gasteiger partial charge in [-0.3, -0.25) is 0 Å². The maximum atomic E-state index is 10.9. The van der Waals surface area contributed by atoms with Crippen molar-refractivity contribution in [3.8, 4) is 0 Å². The number of hydrogen-bond donors (Lipinski definition) is 1. The third-order valence-electron chi connectivity index (χ3n) is 4.28. The third-order valence-corrected chi connectivity index (χ3v) is 4.28. The van der Waals surface area contributed by atoms with Crippen LogP contribution in [0.2, 0.25) is 0 Å². The summed E-state index contributed by atoms with van der Waals surface area (Å²) >= 11 is 0. The molecule has 1 aromatic rings. The maximum absolute atomic E-state index is 10.9. The highest BCUT2D eigenvalue weighted by Gasteiger charge is 2.48. The molecule has 0 heterocycles. The van der Waals surface area contributed by atoms with Crippen LogP contribution in [0, 0.1) is 11.3 Å². The summed E-state index contributed by atoms with van der Waals surface area (Å²) in [6, 6.07) is 8.50. The van der Waals surface area contributed by atoms with Crippen molar-refractivity contribution in [3.05, 3.63) is 35.4 Å². The number of hydrogen-bond acceptors (Lipinski definition) is 1. The minimum absolute atomic E-state index is 0.248. The van der Waals surface area contributed by atoms with Crippen LogP contribution in [0.4, 0.5) is 0 Å². The van der Waals surface area contributed by atoms with Crippen molar-refractivity contribution in [3.63, 3.8) is 0 Å². The molecule has 1 N–H and O–H groups in total. The zero-order chi connectivity index (χ0) is 12.7. The van der Waals surface area contributed by atoms with E-state index in [1.165, 1.54) is 5.56 Å². The highest BCUT2D eigenvalue weighted by Crippen LogP contribution is 2.52. The van der Waals surface area contributed by atoms with E-state index in [1.807, 2.05) is 0 Å². The molecule has 1 fully saturated rings. The van der Waals surface area contributed by atoms with Crippen LogP contribution in [-0.2, 0) is 12.0 Å². The molecule has 0 aromatic heterocycles. The van der Waals surface area contributed by atoms with Gasteiger partial charge in [0.05, 0.1) is 5.60 Å². The molecule has 1 nitrogen and oxygen atoms in total. The van der Waals surface area contributed by atoms with Crippen molar-refractivity contribution in [1.29, 1.82) is 0 Å². The Labute approximate surface area is 105 Å². The fourth-order valence-electron chi connectivity index (χ4n) is 3.39. The molecule has 17 heavy (non-hydrogen) atoms. The number of rotatable bonds is 2. The van der Waals surface area contributed by atoms with Gasteiger partial charge in [0.2, 0.25) is 0 Å². The van der Waals surface area contributed by atoms with E-state index in [2.05, 4.69) is 52.0 Å². The Morgan fingerprint density at radius 1 is 1.24 bits per heavy atom. The average molecular weight is 232 g/mol. The van der Waals surface area contributed by atoms with E-state index in [4.69, 9.17) is 0 Å². The first kappa shape index (κ1) is 12.6. The second-order valence-electron chi connectivity index (χ2n) is 6.42. The second-order valence-corrected chi connectivity index (χ2v) is 6.42. The van der Waals surface area contributed by atoms with Crippen LogP contribution < -0.4 is 0 Å². The summed E-state index contributed by atoms with van der Waals surface area (Å²) in [5.41, 5.74) is 2.04. The fourth-order valence-corrected chi connectivity index (χ4v) is 3.39. The first-order valence-electron chi connectivity index (χ1n) is 6.69. The van der Waals surface area contributed by atoms with Crippen molar-refractivity contribution in [2.75, 3.05) is 0 Å². The molecule has 2 atom stereocenters. The van der Waals surface area contributed by atoms with E-state index in [-0.39, 0.29) is 5.41 Å². The van der Waals surface area contributed by atoms with Gasteiger partial charge in [-0.05, 0) is 41.7 Å². The van der Waals surface area contributed by atoms with E-state index in [9.17, 15) is 5.11 Å². The molecule has 1 heteroatoms. The van der Waals surface area contributed by atoms with Crippen molar-refractivity contribution >= 4 is 0 Å². The van der Waals surface area contributed by atoms with E-state index in [0.717, 1.165) is 24.8 Å². The predicted molar refractivity (Wildman–Crippen MR) is 71.9 cm³/mol. The quantitative estimate of drug-likeness (QED) is 0.820. The van der Waals surface area contributed by atoms with Crippen LogP contribution in [0.5, 0.6) is 0 Å². The first-order chi connectivity index (χ1) is 7.87. The Kier molecular flexibility index (Phi) is 3.07. The molecule has 0 aliphatic heterocycles. The molecule has 2 unspecified atom stereocenters. The summed E-state index contributed by atoms with van der Waals surface area (Å²) in [4.78, 5) is 0. The Morgan fingerprint density at radius 3 is 2.24 bits per heavy atom. The Hall–Kier alpha value is -0.820. The lowest BCUT2D eigenvalue weighted by Crippen LogP contribution is -2.29. The molecule has 94 valence electrons. The lowest BCUT2D eigenvalue weighted by atomic mass is 9.83. The monoisotopic (exact) mass is 232 g/mol. The Balaban J connectivity index is 2.31. The Morgan fingerprint density at radius 2 is 1.82 bits per heavy atom. The van der Waals surface area contributed by atoms with Gasteiger partial charge in [-0.2, -0.15) is 0 Å². The molecule has 1 aromatic carbocycles. The molecule has 0 radical (unpaired) electrons. The SMILES string of the molecule is CCc1ccc(C2(O)CC(C)(C)CC2C)cc1. The van der Waals surface area contributed by atoms with Gasteiger partial charge < -0.3 is 5.11 Å². The zero-order valence-corrected chi connectivity index (χ0v) is 11.5. The molecular weight excluding hydrogens is 208 g/mol. The number of aliphatic hydroxyl groups is 1. The van der Waals surface area contributed by atoms with Crippen LogP contribution in [0.1, 0.15) is 51.7 Å². The number of aryl methyl sites for hydroxylation is 1. The topological polar surface area (TPSA) is 20.2 Å². The van der Waals surface area contributed by atoms with Crippen molar-refractivity contribution < 1.29 is 5.11 Å². The van der Waals surface area contributed by atoms with Crippen LogP contribution in [-0.4, -0.2) is 5.11 Å². The molecule has 0 spiro atoms. The summed E-state index contributed by atoms with van der Waals surface area (Å²) in [7, 11) is 0. The van der Waals surface area contributed by atoms with Gasteiger partial charge in [0, 0.05) is 0 Å². The van der Waals surface area contributed by atoms with E-state index >= 15 is 0 Å². The van der Waals surface area contributed by atoms with Gasteiger partial charge in [0.1, 0.15) is 0 Å². The molecule has 1 aliphatic rings. The van der Waals surface area contributed by atoms with E-state index < -0.39 is 5.60 Å². The average Bonchev–Trinajstić information content (AvgIpc) is 2.48. The summed E-state index contributed by atoms with van der Waals surface area (Å²) in [5, 5.41) is 10.9. The largest absolute Gasteiger partial charge is 0.385 e. The lowest BCUT2D eigenvalue weighted by Gasteiger charge is -2.29. The summed E-state index contributed by atoms with van der Waals surface area (Å²) in [6.45, 7) is 8.83. The van der Waals surface area contributed by atoms with Crippen LogP contribution in [0.3, 0.4) is 0 Å². The number of benzene rings is 1. The minimum Gasteiger partial charge on any atom is -0.385 e.